The van der Waals surface area contributed by atoms with Crippen molar-refractivity contribution in [1.82, 2.24) is 0 Å². The van der Waals surface area contributed by atoms with E-state index in [4.69, 9.17) is 5.11 Å². The molecule has 0 aliphatic heterocycles. The molecule has 0 aromatic carbocycles. The molecule has 68 valence electrons. The quantitative estimate of drug-likeness (QED) is 0.475. The fraction of sp³-hybridized carbons (Fsp3) is 0.500. The Kier molecular flexibility index (Phi) is 6.29. The summed E-state index contributed by atoms with van der Waals surface area (Å²) in [4.78, 5) is 3.68. The molecular weight excluding hydrogens is 150 g/mol. The van der Waals surface area contributed by atoms with Gasteiger partial charge >= 0.3 is 0 Å². The number of hydrogen-bond acceptors (Lipinski definition) is 2. The summed E-state index contributed by atoms with van der Waals surface area (Å²) in [6.45, 7) is 9.91. The highest BCUT2D eigenvalue weighted by atomic mass is 16.3. The Hall–Kier alpha value is -0.890. The third-order valence-electron chi connectivity index (χ3n) is 1.74. The fourth-order valence-corrected chi connectivity index (χ4v) is 0.841. The summed E-state index contributed by atoms with van der Waals surface area (Å²) in [5.74, 6) is 0.186. The van der Waals surface area contributed by atoms with Crippen LogP contribution in [0.1, 0.15) is 13.3 Å². The van der Waals surface area contributed by atoms with Crippen molar-refractivity contribution in [3.05, 3.63) is 24.3 Å². The third-order valence-corrected chi connectivity index (χ3v) is 1.74. The van der Waals surface area contributed by atoms with Gasteiger partial charge in [0, 0.05) is 12.5 Å². The highest BCUT2D eigenvalue weighted by Crippen LogP contribution is 2.12. The standard InChI is InChI=1S/C10H17NO/c1-9(2)10(8-12)6-4-5-7-11-3/h4-5,10,12H,1,3,6-8H2,2H3/b5-4-. The van der Waals surface area contributed by atoms with Gasteiger partial charge in [-0.05, 0) is 20.1 Å². The maximum atomic E-state index is 8.92. The van der Waals surface area contributed by atoms with Gasteiger partial charge in [0.25, 0.3) is 0 Å². The number of aliphatic hydroxyl groups is 1. The lowest BCUT2D eigenvalue weighted by Crippen LogP contribution is -2.05. The summed E-state index contributed by atoms with van der Waals surface area (Å²) in [7, 11) is 0. The predicted octanol–water partition coefficient (Wildman–Crippen LogP) is 1.82. The molecule has 0 saturated carbocycles. The maximum Gasteiger partial charge on any atom is 0.0563 e. The Bertz CT molecular complexity index is 173. The van der Waals surface area contributed by atoms with Crippen LogP contribution >= 0.6 is 0 Å². The van der Waals surface area contributed by atoms with Crippen LogP contribution < -0.4 is 0 Å². The summed E-state index contributed by atoms with van der Waals surface area (Å²) in [6.07, 6.45) is 4.78. The van der Waals surface area contributed by atoms with Crippen LogP contribution in [0.5, 0.6) is 0 Å². The van der Waals surface area contributed by atoms with Crippen LogP contribution in [-0.2, 0) is 0 Å². The van der Waals surface area contributed by atoms with Gasteiger partial charge in [0.1, 0.15) is 0 Å². The molecule has 0 aliphatic rings. The highest BCUT2D eigenvalue weighted by molar-refractivity contribution is 5.23. The van der Waals surface area contributed by atoms with Crippen molar-refractivity contribution in [2.45, 2.75) is 13.3 Å². The molecular formula is C10H17NO. The lowest BCUT2D eigenvalue weighted by Gasteiger charge is -2.10. The van der Waals surface area contributed by atoms with Gasteiger partial charge in [-0.1, -0.05) is 24.3 Å². The van der Waals surface area contributed by atoms with Crippen molar-refractivity contribution in [2.75, 3.05) is 13.2 Å². The average molecular weight is 167 g/mol. The van der Waals surface area contributed by atoms with Crippen molar-refractivity contribution in [1.29, 1.82) is 0 Å². The van der Waals surface area contributed by atoms with Gasteiger partial charge in [-0.25, -0.2) is 0 Å². The third kappa shape index (κ3) is 4.85. The molecule has 0 spiro atoms. The molecule has 0 amide bonds. The first-order valence-electron chi connectivity index (χ1n) is 4.06. The van der Waals surface area contributed by atoms with Crippen LogP contribution in [0.4, 0.5) is 0 Å². The largest absolute Gasteiger partial charge is 0.396 e. The van der Waals surface area contributed by atoms with E-state index >= 15 is 0 Å². The molecule has 0 aromatic rings. The van der Waals surface area contributed by atoms with Crippen molar-refractivity contribution in [3.8, 4) is 0 Å². The second-order valence-corrected chi connectivity index (χ2v) is 2.84. The minimum atomic E-state index is 0.168. The van der Waals surface area contributed by atoms with Gasteiger partial charge < -0.3 is 5.11 Å². The van der Waals surface area contributed by atoms with E-state index in [1.54, 1.807) is 0 Å². The fourth-order valence-electron chi connectivity index (χ4n) is 0.841. The summed E-state index contributed by atoms with van der Waals surface area (Å²) >= 11 is 0. The lowest BCUT2D eigenvalue weighted by molar-refractivity contribution is 0.247. The topological polar surface area (TPSA) is 32.6 Å². The average Bonchev–Trinajstić information content (AvgIpc) is 2.04. The van der Waals surface area contributed by atoms with E-state index in [0.717, 1.165) is 12.0 Å². The van der Waals surface area contributed by atoms with E-state index in [1.807, 2.05) is 19.1 Å². The van der Waals surface area contributed by atoms with Crippen LogP contribution in [0, 0.1) is 5.92 Å². The minimum Gasteiger partial charge on any atom is -0.396 e. The summed E-state index contributed by atoms with van der Waals surface area (Å²) < 4.78 is 0. The molecule has 2 heteroatoms. The molecule has 0 radical (unpaired) electrons. The van der Waals surface area contributed by atoms with Crippen molar-refractivity contribution >= 4 is 6.72 Å². The maximum absolute atomic E-state index is 8.92. The van der Waals surface area contributed by atoms with Gasteiger partial charge in [0.05, 0.1) is 6.54 Å². The number of nitrogens with zero attached hydrogens (tertiary/aromatic N) is 1. The zero-order valence-electron chi connectivity index (χ0n) is 7.66. The Balaban J connectivity index is 3.71. The van der Waals surface area contributed by atoms with E-state index in [1.165, 1.54) is 0 Å². The molecule has 0 bridgehead atoms. The molecule has 0 heterocycles. The van der Waals surface area contributed by atoms with E-state index in [-0.39, 0.29) is 12.5 Å². The van der Waals surface area contributed by atoms with E-state index in [0.29, 0.717) is 6.54 Å². The Morgan fingerprint density at radius 2 is 2.25 bits per heavy atom. The second kappa shape index (κ2) is 6.80. The van der Waals surface area contributed by atoms with E-state index in [9.17, 15) is 0 Å². The molecule has 0 aromatic heterocycles. The van der Waals surface area contributed by atoms with Crippen molar-refractivity contribution < 1.29 is 5.11 Å². The predicted molar refractivity (Wildman–Crippen MR) is 53.6 cm³/mol. The molecule has 1 atom stereocenters. The molecule has 0 fully saturated rings. The molecule has 1 N–H and O–H groups in total. The Morgan fingerprint density at radius 3 is 2.67 bits per heavy atom. The minimum absolute atomic E-state index is 0.168. The van der Waals surface area contributed by atoms with Crippen molar-refractivity contribution in [3.63, 3.8) is 0 Å². The van der Waals surface area contributed by atoms with Crippen LogP contribution in [0.3, 0.4) is 0 Å². The molecule has 2 nitrogen and oxygen atoms in total. The van der Waals surface area contributed by atoms with Crippen LogP contribution in [0.2, 0.25) is 0 Å². The second-order valence-electron chi connectivity index (χ2n) is 2.84. The normalized spacial score (nSPS) is 13.2. The van der Waals surface area contributed by atoms with Crippen LogP contribution in [-0.4, -0.2) is 25.0 Å². The number of allylic oxidation sites excluding steroid dienone is 1. The van der Waals surface area contributed by atoms with E-state index in [2.05, 4.69) is 18.3 Å². The molecule has 0 rings (SSSR count). The van der Waals surface area contributed by atoms with Crippen molar-refractivity contribution in [2.24, 2.45) is 10.9 Å². The number of rotatable bonds is 6. The van der Waals surface area contributed by atoms with Gasteiger partial charge in [0.2, 0.25) is 0 Å². The van der Waals surface area contributed by atoms with Gasteiger partial charge in [-0.15, -0.1) is 0 Å². The van der Waals surface area contributed by atoms with E-state index < -0.39 is 0 Å². The molecule has 0 aliphatic carbocycles. The van der Waals surface area contributed by atoms with Crippen LogP contribution in [0.15, 0.2) is 29.3 Å². The number of aliphatic imine (C=N–C) groups is 1. The Labute approximate surface area is 74.3 Å². The first kappa shape index (κ1) is 11.1. The monoisotopic (exact) mass is 167 g/mol. The van der Waals surface area contributed by atoms with Gasteiger partial charge in [-0.3, -0.25) is 4.99 Å². The first-order valence-corrected chi connectivity index (χ1v) is 4.06. The summed E-state index contributed by atoms with van der Waals surface area (Å²) in [5.41, 5.74) is 1.02. The Morgan fingerprint density at radius 1 is 1.58 bits per heavy atom. The summed E-state index contributed by atoms with van der Waals surface area (Å²) in [5, 5.41) is 8.92. The first-order chi connectivity index (χ1) is 5.72. The number of hydrogen-bond donors (Lipinski definition) is 1. The smallest absolute Gasteiger partial charge is 0.0563 e. The highest BCUT2D eigenvalue weighted by Gasteiger charge is 2.04. The lowest BCUT2D eigenvalue weighted by atomic mass is 9.99. The van der Waals surface area contributed by atoms with Gasteiger partial charge in [-0.2, -0.15) is 0 Å². The molecule has 1 unspecified atom stereocenters. The summed E-state index contributed by atoms with van der Waals surface area (Å²) in [6, 6.07) is 0. The zero-order chi connectivity index (χ0) is 9.40. The van der Waals surface area contributed by atoms with Gasteiger partial charge in [0.15, 0.2) is 0 Å². The van der Waals surface area contributed by atoms with Crippen LogP contribution in [0.25, 0.3) is 0 Å². The molecule has 12 heavy (non-hydrogen) atoms. The SMILES string of the molecule is C=NC/C=C\CC(CO)C(=C)C. The molecule has 0 saturated heterocycles. The number of aliphatic hydroxyl groups excluding tert-OH is 1. The zero-order valence-corrected chi connectivity index (χ0v) is 7.66.